The quantitative estimate of drug-likeness (QED) is 0.540. The summed E-state index contributed by atoms with van der Waals surface area (Å²) in [4.78, 5) is 36.6. The maximum absolute atomic E-state index is 13.5. The van der Waals surface area contributed by atoms with E-state index in [0.717, 1.165) is 11.1 Å². The molecule has 1 N–H and O–H groups in total. The molecule has 29 heavy (non-hydrogen) atoms. The van der Waals surface area contributed by atoms with Crippen molar-refractivity contribution in [1.29, 1.82) is 0 Å². The summed E-state index contributed by atoms with van der Waals surface area (Å²) < 4.78 is 24.2. The molecule has 148 valence electrons. The van der Waals surface area contributed by atoms with Crippen LogP contribution in [0, 0.1) is 19.7 Å². The lowest BCUT2D eigenvalue weighted by atomic mass is 9.90. The molecule has 7 heteroatoms. The average molecular weight is 395 g/mol. The highest BCUT2D eigenvalue weighted by atomic mass is 19.1. The van der Waals surface area contributed by atoms with E-state index in [1.165, 1.54) is 24.3 Å². The number of halogens is 1. The van der Waals surface area contributed by atoms with Crippen molar-refractivity contribution in [2.45, 2.75) is 32.8 Å². The molecule has 1 atom stereocenters. The van der Waals surface area contributed by atoms with Gasteiger partial charge in [0.1, 0.15) is 18.0 Å². The lowest BCUT2D eigenvalue weighted by Crippen LogP contribution is -2.28. The van der Waals surface area contributed by atoms with Gasteiger partial charge >= 0.3 is 11.6 Å². The van der Waals surface area contributed by atoms with Crippen molar-refractivity contribution in [2.24, 2.45) is 0 Å². The molecule has 0 fully saturated rings. The van der Waals surface area contributed by atoms with Gasteiger partial charge in [-0.15, -0.1) is 0 Å². The molecule has 0 spiro atoms. The van der Waals surface area contributed by atoms with Gasteiger partial charge in [-0.25, -0.2) is 9.18 Å². The predicted molar refractivity (Wildman–Crippen MR) is 104 cm³/mol. The summed E-state index contributed by atoms with van der Waals surface area (Å²) >= 11 is 0. The van der Waals surface area contributed by atoms with E-state index >= 15 is 0 Å². The molecule has 0 unspecified atom stereocenters. The molecular formula is C22H18FNO5. The van der Waals surface area contributed by atoms with Crippen LogP contribution in [0.5, 0.6) is 0 Å². The molecule has 3 aromatic rings. The molecule has 0 bridgehead atoms. The van der Waals surface area contributed by atoms with E-state index in [-0.39, 0.29) is 24.6 Å². The minimum atomic E-state index is -0.838. The topological polar surface area (TPSA) is 85.6 Å². The maximum Gasteiger partial charge on any atom is 0.336 e. The van der Waals surface area contributed by atoms with E-state index in [1.54, 1.807) is 0 Å². The molecule has 1 amide bonds. The Balaban J connectivity index is 1.62. The van der Waals surface area contributed by atoms with Crippen molar-refractivity contribution in [2.75, 3.05) is 5.32 Å². The van der Waals surface area contributed by atoms with Crippen molar-refractivity contribution in [1.82, 2.24) is 0 Å². The van der Waals surface area contributed by atoms with Gasteiger partial charge < -0.3 is 14.5 Å². The minimum Gasteiger partial charge on any atom is -0.460 e. The summed E-state index contributed by atoms with van der Waals surface area (Å²) in [6.45, 7) is 3.63. The Labute approximate surface area is 165 Å². The van der Waals surface area contributed by atoms with Gasteiger partial charge in [0.25, 0.3) is 0 Å². The number of aryl methyl sites for hydroxylation is 2. The molecule has 4 rings (SSSR count). The normalized spacial score (nSPS) is 15.7. The number of hydrogen-bond acceptors (Lipinski definition) is 5. The van der Waals surface area contributed by atoms with Crippen molar-refractivity contribution in [3.63, 3.8) is 0 Å². The zero-order valence-electron chi connectivity index (χ0n) is 15.9. The monoisotopic (exact) mass is 395 g/mol. The van der Waals surface area contributed by atoms with Crippen molar-refractivity contribution < 1.29 is 23.1 Å². The SMILES string of the molecule is Cc1ccc2c(COC(=O)[C@H]3CC(=O)Nc4cc(F)ccc43)cc(=O)oc2c1C. The van der Waals surface area contributed by atoms with Gasteiger partial charge in [-0.1, -0.05) is 18.2 Å². The molecular weight excluding hydrogens is 377 g/mol. The van der Waals surface area contributed by atoms with Crippen molar-refractivity contribution >= 4 is 28.5 Å². The zero-order valence-corrected chi connectivity index (χ0v) is 15.9. The number of carbonyl (C=O) groups excluding carboxylic acids is 2. The lowest BCUT2D eigenvalue weighted by molar-refractivity contribution is -0.148. The lowest BCUT2D eigenvalue weighted by Gasteiger charge is -2.24. The first-order valence-electron chi connectivity index (χ1n) is 9.12. The Morgan fingerprint density at radius 2 is 2.00 bits per heavy atom. The van der Waals surface area contributed by atoms with Crippen LogP contribution in [0.3, 0.4) is 0 Å². The first-order valence-corrected chi connectivity index (χ1v) is 9.12. The number of rotatable bonds is 3. The van der Waals surface area contributed by atoms with E-state index in [9.17, 15) is 18.8 Å². The number of benzene rings is 2. The molecule has 1 aromatic heterocycles. The van der Waals surface area contributed by atoms with Crippen LogP contribution in [0.4, 0.5) is 10.1 Å². The van der Waals surface area contributed by atoms with Crippen LogP contribution in [0.15, 0.2) is 45.6 Å². The van der Waals surface area contributed by atoms with Crippen LogP contribution in [0.1, 0.15) is 34.6 Å². The van der Waals surface area contributed by atoms with Gasteiger partial charge in [-0.3, -0.25) is 9.59 Å². The molecule has 1 aliphatic rings. The van der Waals surface area contributed by atoms with Crippen LogP contribution < -0.4 is 10.9 Å². The number of ether oxygens (including phenoxy) is 1. The van der Waals surface area contributed by atoms with Crippen molar-refractivity contribution in [3.05, 3.63) is 74.9 Å². The van der Waals surface area contributed by atoms with Crippen molar-refractivity contribution in [3.8, 4) is 0 Å². The summed E-state index contributed by atoms with van der Waals surface area (Å²) in [6, 6.07) is 8.89. The summed E-state index contributed by atoms with van der Waals surface area (Å²) in [7, 11) is 0. The third kappa shape index (κ3) is 3.51. The predicted octanol–water partition coefficient (Wildman–Crippen LogP) is 3.72. The molecule has 0 saturated heterocycles. The van der Waals surface area contributed by atoms with Crippen LogP contribution in [-0.4, -0.2) is 11.9 Å². The van der Waals surface area contributed by atoms with E-state index in [0.29, 0.717) is 22.1 Å². The Hall–Kier alpha value is -3.48. The van der Waals surface area contributed by atoms with E-state index in [1.807, 2.05) is 26.0 Å². The second-order valence-corrected chi connectivity index (χ2v) is 7.12. The molecule has 6 nitrogen and oxygen atoms in total. The Morgan fingerprint density at radius 3 is 2.79 bits per heavy atom. The first-order chi connectivity index (χ1) is 13.8. The molecule has 2 aromatic carbocycles. The third-order valence-electron chi connectivity index (χ3n) is 5.23. The van der Waals surface area contributed by atoms with Crippen LogP contribution in [0.2, 0.25) is 0 Å². The van der Waals surface area contributed by atoms with Crippen LogP contribution >= 0.6 is 0 Å². The smallest absolute Gasteiger partial charge is 0.336 e. The Bertz CT molecular complexity index is 1210. The molecule has 0 aliphatic carbocycles. The summed E-state index contributed by atoms with van der Waals surface area (Å²) in [6.07, 6.45) is -0.0898. The maximum atomic E-state index is 13.5. The molecule has 1 aliphatic heterocycles. The summed E-state index contributed by atoms with van der Waals surface area (Å²) in [5.74, 6) is -2.35. The van der Waals surface area contributed by atoms with Gasteiger partial charge in [-0.05, 0) is 42.7 Å². The number of carbonyl (C=O) groups is 2. The molecule has 2 heterocycles. The van der Waals surface area contributed by atoms with Gasteiger partial charge in [0.2, 0.25) is 5.91 Å². The number of esters is 1. The third-order valence-corrected chi connectivity index (χ3v) is 5.23. The fourth-order valence-corrected chi connectivity index (χ4v) is 3.54. The standard InChI is InChI=1S/C22H18FNO5/c1-11-3-5-15-13(7-20(26)29-21(15)12(11)2)10-28-22(27)17-9-19(25)24-18-8-14(23)4-6-16(17)18/h3-8,17H,9-10H2,1-2H3,(H,24,25)/t17-/m0/s1. The highest BCUT2D eigenvalue weighted by Crippen LogP contribution is 2.34. The Kier molecular flexibility index (Phi) is 4.66. The number of amides is 1. The van der Waals surface area contributed by atoms with Gasteiger partial charge in [0.15, 0.2) is 0 Å². The zero-order chi connectivity index (χ0) is 20.7. The fraction of sp³-hybridized carbons (Fsp3) is 0.227. The van der Waals surface area contributed by atoms with Crippen LogP contribution in [0.25, 0.3) is 11.0 Å². The first kappa shape index (κ1) is 18.9. The van der Waals surface area contributed by atoms with Gasteiger partial charge in [-0.2, -0.15) is 0 Å². The van der Waals surface area contributed by atoms with Gasteiger partial charge in [0.05, 0.1) is 5.92 Å². The highest BCUT2D eigenvalue weighted by Gasteiger charge is 2.32. The van der Waals surface area contributed by atoms with E-state index in [4.69, 9.17) is 9.15 Å². The average Bonchev–Trinajstić information content (AvgIpc) is 2.68. The molecule has 0 radical (unpaired) electrons. The van der Waals surface area contributed by atoms with E-state index < -0.39 is 23.3 Å². The minimum absolute atomic E-state index is 0.0898. The largest absolute Gasteiger partial charge is 0.460 e. The Morgan fingerprint density at radius 1 is 1.21 bits per heavy atom. The van der Waals surface area contributed by atoms with E-state index in [2.05, 4.69) is 5.32 Å². The fourth-order valence-electron chi connectivity index (χ4n) is 3.54. The van der Waals surface area contributed by atoms with Gasteiger partial charge in [0, 0.05) is 29.1 Å². The number of anilines is 1. The second kappa shape index (κ2) is 7.16. The summed E-state index contributed by atoms with van der Waals surface area (Å²) in [5.41, 5.74) is 3.03. The second-order valence-electron chi connectivity index (χ2n) is 7.12. The highest BCUT2D eigenvalue weighted by molar-refractivity contribution is 6.00. The number of hydrogen-bond donors (Lipinski definition) is 1. The number of fused-ring (bicyclic) bond motifs is 2. The van der Waals surface area contributed by atoms with Crippen LogP contribution in [-0.2, 0) is 20.9 Å². The summed E-state index contributed by atoms with van der Waals surface area (Å²) in [5, 5.41) is 3.25. The number of nitrogens with one attached hydrogen (secondary N) is 1. The molecule has 0 saturated carbocycles.